The Balaban J connectivity index is 0.00000225. The maximum absolute atomic E-state index is 5.64. The third kappa shape index (κ3) is 5.33. The number of hydrogen-bond donors (Lipinski definition) is 1. The van der Waals surface area contributed by atoms with Gasteiger partial charge >= 0.3 is 0 Å². The number of nitrogens with zero attached hydrogens (tertiary/aromatic N) is 2. The molecule has 0 amide bonds. The lowest BCUT2D eigenvalue weighted by atomic mass is 9.87. The molecule has 0 aliphatic carbocycles. The van der Waals surface area contributed by atoms with Gasteiger partial charge in [-0.25, -0.2) is 0 Å². The van der Waals surface area contributed by atoms with Gasteiger partial charge in [0.15, 0.2) is 5.96 Å². The number of benzene rings is 1. The van der Waals surface area contributed by atoms with Crippen molar-refractivity contribution in [2.24, 2.45) is 10.4 Å². The van der Waals surface area contributed by atoms with Crippen LogP contribution >= 0.6 is 24.0 Å². The number of ether oxygens (including phenoxy) is 1. The topological polar surface area (TPSA) is 36.9 Å². The Morgan fingerprint density at radius 3 is 2.60 bits per heavy atom. The van der Waals surface area contributed by atoms with Crippen molar-refractivity contribution in [1.29, 1.82) is 0 Å². The molecule has 140 valence electrons. The Morgan fingerprint density at radius 2 is 1.96 bits per heavy atom. The van der Waals surface area contributed by atoms with Crippen LogP contribution in [0.3, 0.4) is 0 Å². The molecule has 2 aliphatic rings. The molecule has 2 fully saturated rings. The van der Waals surface area contributed by atoms with Gasteiger partial charge in [-0.05, 0) is 43.7 Å². The van der Waals surface area contributed by atoms with Crippen LogP contribution in [0.4, 0.5) is 0 Å². The Kier molecular flexibility index (Phi) is 8.00. The van der Waals surface area contributed by atoms with Crippen molar-refractivity contribution in [3.05, 3.63) is 35.4 Å². The summed E-state index contributed by atoms with van der Waals surface area (Å²) in [5.74, 6) is 1.08. The highest BCUT2D eigenvalue weighted by Gasteiger charge is 2.42. The van der Waals surface area contributed by atoms with Crippen molar-refractivity contribution in [2.45, 2.75) is 39.5 Å². The van der Waals surface area contributed by atoms with E-state index >= 15 is 0 Å². The van der Waals surface area contributed by atoms with Gasteiger partial charge in [0.25, 0.3) is 0 Å². The van der Waals surface area contributed by atoms with Gasteiger partial charge in [0.1, 0.15) is 0 Å². The first-order chi connectivity index (χ1) is 11.7. The van der Waals surface area contributed by atoms with Gasteiger partial charge in [-0.1, -0.05) is 31.2 Å². The van der Waals surface area contributed by atoms with Crippen LogP contribution in [0.2, 0.25) is 0 Å². The molecule has 1 aromatic carbocycles. The molecule has 0 bridgehead atoms. The average Bonchev–Trinajstić information content (AvgIpc) is 3.25. The van der Waals surface area contributed by atoms with Crippen molar-refractivity contribution in [3.8, 4) is 0 Å². The fraction of sp³-hybridized carbons (Fsp3) is 0.650. The largest absolute Gasteiger partial charge is 0.381 e. The molecular weight excluding hydrogens is 425 g/mol. The van der Waals surface area contributed by atoms with E-state index in [2.05, 4.69) is 48.3 Å². The van der Waals surface area contributed by atoms with Crippen molar-refractivity contribution < 1.29 is 4.74 Å². The lowest BCUT2D eigenvalue weighted by Crippen LogP contribution is -2.41. The molecule has 0 radical (unpaired) electrons. The molecule has 2 saturated heterocycles. The second-order valence-corrected chi connectivity index (χ2v) is 7.13. The van der Waals surface area contributed by atoms with Crippen LogP contribution in [0.1, 0.15) is 37.8 Å². The lowest BCUT2D eigenvalue weighted by Gasteiger charge is -2.25. The van der Waals surface area contributed by atoms with E-state index in [0.29, 0.717) is 5.41 Å². The highest BCUT2D eigenvalue weighted by atomic mass is 127. The van der Waals surface area contributed by atoms with E-state index in [1.807, 2.05) is 0 Å². The van der Waals surface area contributed by atoms with Crippen LogP contribution in [0.25, 0.3) is 0 Å². The van der Waals surface area contributed by atoms with Gasteiger partial charge in [0.05, 0.1) is 6.61 Å². The molecule has 1 atom stereocenters. The van der Waals surface area contributed by atoms with Crippen molar-refractivity contribution >= 4 is 29.9 Å². The summed E-state index contributed by atoms with van der Waals surface area (Å²) in [5.41, 5.74) is 3.15. The highest BCUT2D eigenvalue weighted by Crippen LogP contribution is 2.38. The number of guanidine groups is 1. The second kappa shape index (κ2) is 9.76. The molecule has 1 N–H and O–H groups in total. The van der Waals surface area contributed by atoms with E-state index in [9.17, 15) is 0 Å². The Hall–Kier alpha value is -0.820. The number of halogens is 1. The molecule has 1 unspecified atom stereocenters. The summed E-state index contributed by atoms with van der Waals surface area (Å²) in [6.45, 7) is 10.1. The summed E-state index contributed by atoms with van der Waals surface area (Å²) in [7, 11) is 0. The summed E-state index contributed by atoms with van der Waals surface area (Å²) in [5, 5.41) is 3.47. The lowest BCUT2D eigenvalue weighted by molar-refractivity contribution is 0.156. The third-order valence-electron chi connectivity index (χ3n) is 5.35. The molecule has 2 aliphatic heterocycles. The van der Waals surface area contributed by atoms with Gasteiger partial charge in [-0.15, -0.1) is 24.0 Å². The molecule has 2 heterocycles. The Morgan fingerprint density at radius 1 is 1.20 bits per heavy atom. The van der Waals surface area contributed by atoms with E-state index in [0.717, 1.165) is 58.2 Å². The molecule has 3 rings (SSSR count). The van der Waals surface area contributed by atoms with Gasteiger partial charge in [-0.2, -0.15) is 0 Å². The van der Waals surface area contributed by atoms with Gasteiger partial charge in [0, 0.05) is 38.2 Å². The maximum Gasteiger partial charge on any atom is 0.193 e. The average molecular weight is 457 g/mol. The van der Waals surface area contributed by atoms with Crippen LogP contribution in [0, 0.1) is 5.41 Å². The molecule has 5 heteroatoms. The first-order valence-electron chi connectivity index (χ1n) is 9.43. The van der Waals surface area contributed by atoms with E-state index in [1.54, 1.807) is 0 Å². The zero-order chi connectivity index (χ0) is 16.8. The maximum atomic E-state index is 5.64. The van der Waals surface area contributed by atoms with Gasteiger partial charge in [-0.3, -0.25) is 4.99 Å². The van der Waals surface area contributed by atoms with Crippen LogP contribution in [-0.4, -0.2) is 50.3 Å². The molecule has 25 heavy (non-hydrogen) atoms. The number of aryl methyl sites for hydroxylation is 1. The first kappa shape index (κ1) is 20.5. The minimum Gasteiger partial charge on any atom is -0.381 e. The standard InChI is InChI=1S/C20H31N3O.HI/c1-3-17-5-7-18(8-6-17)9-12-22-19(21-4-2)23-13-10-20(15-23)11-14-24-16-20;/h5-8H,3-4,9-16H2,1-2H3,(H,21,22);1H. The van der Waals surface area contributed by atoms with Gasteiger partial charge in [0.2, 0.25) is 0 Å². The minimum atomic E-state index is 0. The second-order valence-electron chi connectivity index (χ2n) is 7.13. The fourth-order valence-electron chi connectivity index (χ4n) is 3.75. The molecule has 4 nitrogen and oxygen atoms in total. The van der Waals surface area contributed by atoms with Crippen LogP contribution in [0.15, 0.2) is 29.3 Å². The highest BCUT2D eigenvalue weighted by molar-refractivity contribution is 14.0. The van der Waals surface area contributed by atoms with Crippen LogP contribution < -0.4 is 5.32 Å². The number of hydrogen-bond acceptors (Lipinski definition) is 2. The molecule has 1 aromatic rings. The first-order valence-corrected chi connectivity index (χ1v) is 9.43. The summed E-state index contributed by atoms with van der Waals surface area (Å²) >= 11 is 0. The minimum absolute atomic E-state index is 0. The van der Waals surface area contributed by atoms with E-state index in [4.69, 9.17) is 9.73 Å². The number of rotatable bonds is 5. The summed E-state index contributed by atoms with van der Waals surface area (Å²) in [6.07, 6.45) is 4.53. The summed E-state index contributed by atoms with van der Waals surface area (Å²) in [4.78, 5) is 7.31. The van der Waals surface area contributed by atoms with Crippen molar-refractivity contribution in [3.63, 3.8) is 0 Å². The zero-order valence-corrected chi connectivity index (χ0v) is 17.9. The number of nitrogens with one attached hydrogen (secondary N) is 1. The SMILES string of the molecule is CCNC(=NCCc1ccc(CC)cc1)N1CCC2(CCOC2)C1.I. The van der Waals surface area contributed by atoms with Crippen molar-refractivity contribution in [2.75, 3.05) is 39.4 Å². The predicted molar refractivity (Wildman–Crippen MR) is 115 cm³/mol. The summed E-state index contributed by atoms with van der Waals surface area (Å²) in [6, 6.07) is 8.94. The molecular formula is C20H32IN3O. The molecule has 1 spiro atoms. The predicted octanol–water partition coefficient (Wildman–Crippen LogP) is 3.49. The fourth-order valence-corrected chi connectivity index (χ4v) is 3.75. The third-order valence-corrected chi connectivity index (χ3v) is 5.35. The van der Waals surface area contributed by atoms with E-state index < -0.39 is 0 Å². The molecule has 0 saturated carbocycles. The Bertz CT molecular complexity index is 553. The summed E-state index contributed by atoms with van der Waals surface area (Å²) < 4.78 is 5.64. The Labute approximate surface area is 169 Å². The van der Waals surface area contributed by atoms with Gasteiger partial charge < -0.3 is 15.0 Å². The van der Waals surface area contributed by atoms with E-state index in [1.165, 1.54) is 24.0 Å². The number of aliphatic imine (C=N–C) groups is 1. The number of likely N-dealkylation sites (tertiary alicyclic amines) is 1. The zero-order valence-electron chi connectivity index (χ0n) is 15.6. The van der Waals surface area contributed by atoms with E-state index in [-0.39, 0.29) is 24.0 Å². The molecule has 0 aromatic heterocycles. The van der Waals surface area contributed by atoms with Crippen LogP contribution in [-0.2, 0) is 17.6 Å². The van der Waals surface area contributed by atoms with Crippen LogP contribution in [0.5, 0.6) is 0 Å². The monoisotopic (exact) mass is 457 g/mol. The quantitative estimate of drug-likeness (QED) is 0.418. The smallest absolute Gasteiger partial charge is 0.193 e. The van der Waals surface area contributed by atoms with Crippen molar-refractivity contribution in [1.82, 2.24) is 10.2 Å². The normalized spacial score (nSPS) is 23.1.